The Morgan fingerprint density at radius 3 is 2.60 bits per heavy atom. The Bertz CT molecular complexity index is 506. The summed E-state index contributed by atoms with van der Waals surface area (Å²) in [5.74, 6) is -3.42. The van der Waals surface area contributed by atoms with Gasteiger partial charge < -0.3 is 10.1 Å². The fourth-order valence-corrected chi connectivity index (χ4v) is 2.51. The minimum absolute atomic E-state index is 0.197. The van der Waals surface area contributed by atoms with Gasteiger partial charge in [0.1, 0.15) is 0 Å². The molecule has 20 heavy (non-hydrogen) atoms. The summed E-state index contributed by atoms with van der Waals surface area (Å²) in [5.41, 5.74) is 0.197. The van der Waals surface area contributed by atoms with Gasteiger partial charge in [-0.3, -0.25) is 0 Å². The molecule has 0 heterocycles. The summed E-state index contributed by atoms with van der Waals surface area (Å²) < 4.78 is 53.4. The van der Waals surface area contributed by atoms with Gasteiger partial charge in [0.15, 0.2) is 0 Å². The second-order valence-corrected chi connectivity index (χ2v) is 6.08. The number of nitrogens with one attached hydrogen (secondary N) is 1. The number of ether oxygens (including phenoxy) is 1. The highest BCUT2D eigenvalue weighted by atomic mass is 32.2. The number of halogens is 2. The zero-order valence-electron chi connectivity index (χ0n) is 11.3. The summed E-state index contributed by atoms with van der Waals surface area (Å²) in [6.45, 7) is 3.68. The molecule has 0 unspecified atom stereocenters. The van der Waals surface area contributed by atoms with E-state index in [1.54, 1.807) is 6.07 Å². The predicted molar refractivity (Wildman–Crippen MR) is 73.8 cm³/mol. The number of hydrogen-bond acceptors (Lipinski definition) is 4. The van der Waals surface area contributed by atoms with Gasteiger partial charge in [-0.15, -0.1) is 0 Å². The standard InChI is InChI=1S/C13H19F2NO3S/c1-2-9-19-10-5-8-16-11-6-3-4-7-12(11)20(17,18)13(14)15/h3-4,6-7,13,16H,2,5,8-10H2,1H3. The molecule has 0 amide bonds. The zero-order valence-corrected chi connectivity index (χ0v) is 12.1. The van der Waals surface area contributed by atoms with Crippen molar-refractivity contribution in [3.8, 4) is 0 Å². The molecule has 0 spiro atoms. The molecular formula is C13H19F2NO3S. The van der Waals surface area contributed by atoms with Crippen molar-refractivity contribution in [2.75, 3.05) is 25.1 Å². The van der Waals surface area contributed by atoms with E-state index in [0.29, 0.717) is 26.2 Å². The van der Waals surface area contributed by atoms with Crippen LogP contribution in [0.4, 0.5) is 14.5 Å². The van der Waals surface area contributed by atoms with Gasteiger partial charge in [0.05, 0.1) is 10.6 Å². The van der Waals surface area contributed by atoms with Crippen LogP contribution < -0.4 is 5.32 Å². The normalized spacial score (nSPS) is 11.8. The van der Waals surface area contributed by atoms with Gasteiger partial charge >= 0.3 is 5.76 Å². The molecular weight excluding hydrogens is 288 g/mol. The molecule has 0 atom stereocenters. The lowest BCUT2D eigenvalue weighted by Gasteiger charge is -2.12. The first kappa shape index (κ1) is 16.8. The number of anilines is 1. The highest BCUT2D eigenvalue weighted by Gasteiger charge is 2.28. The summed E-state index contributed by atoms with van der Waals surface area (Å²) in [6, 6.07) is 5.67. The third-order valence-corrected chi connectivity index (χ3v) is 4.00. The van der Waals surface area contributed by atoms with E-state index in [1.165, 1.54) is 18.2 Å². The molecule has 4 nitrogen and oxygen atoms in total. The van der Waals surface area contributed by atoms with Crippen LogP contribution in [0.1, 0.15) is 19.8 Å². The van der Waals surface area contributed by atoms with Crippen molar-refractivity contribution in [3.63, 3.8) is 0 Å². The highest BCUT2D eigenvalue weighted by molar-refractivity contribution is 7.91. The van der Waals surface area contributed by atoms with Crippen molar-refractivity contribution in [3.05, 3.63) is 24.3 Å². The molecule has 7 heteroatoms. The molecule has 0 aromatic heterocycles. The predicted octanol–water partition coefficient (Wildman–Crippen LogP) is 2.91. The molecule has 0 aliphatic carbocycles. The Labute approximate surface area is 118 Å². The van der Waals surface area contributed by atoms with Gasteiger partial charge in [-0.2, -0.15) is 8.78 Å². The van der Waals surface area contributed by atoms with Crippen LogP contribution in [0, 0.1) is 0 Å². The molecule has 0 fully saturated rings. The van der Waals surface area contributed by atoms with E-state index < -0.39 is 15.6 Å². The number of benzene rings is 1. The first-order valence-electron chi connectivity index (χ1n) is 6.42. The van der Waals surface area contributed by atoms with Crippen LogP contribution in [-0.2, 0) is 14.6 Å². The van der Waals surface area contributed by atoms with Crippen molar-refractivity contribution in [2.24, 2.45) is 0 Å². The Kier molecular flexibility index (Phi) is 6.87. The second-order valence-electron chi connectivity index (χ2n) is 4.19. The van der Waals surface area contributed by atoms with Gasteiger partial charge in [-0.05, 0) is 25.0 Å². The van der Waals surface area contributed by atoms with Gasteiger partial charge in [-0.1, -0.05) is 19.1 Å². The number of sulfone groups is 1. The SMILES string of the molecule is CCCOCCCNc1ccccc1S(=O)(=O)C(F)F. The average Bonchev–Trinajstić information content (AvgIpc) is 2.43. The van der Waals surface area contributed by atoms with Gasteiger partial charge in [0, 0.05) is 19.8 Å². The van der Waals surface area contributed by atoms with Crippen molar-refractivity contribution in [2.45, 2.75) is 30.4 Å². The molecule has 0 radical (unpaired) electrons. The maximum Gasteiger partial charge on any atom is 0.341 e. The van der Waals surface area contributed by atoms with Crippen LogP contribution >= 0.6 is 0 Å². The minimum Gasteiger partial charge on any atom is -0.384 e. The van der Waals surface area contributed by atoms with Crippen LogP contribution in [0.25, 0.3) is 0 Å². The molecule has 0 aliphatic rings. The maximum absolute atomic E-state index is 12.6. The average molecular weight is 307 g/mol. The van der Waals surface area contributed by atoms with E-state index in [1.807, 2.05) is 6.92 Å². The van der Waals surface area contributed by atoms with Gasteiger partial charge in [-0.25, -0.2) is 8.42 Å². The van der Waals surface area contributed by atoms with Gasteiger partial charge in [0.2, 0.25) is 9.84 Å². The van der Waals surface area contributed by atoms with E-state index in [4.69, 9.17) is 4.74 Å². The maximum atomic E-state index is 12.6. The Morgan fingerprint density at radius 2 is 1.95 bits per heavy atom. The largest absolute Gasteiger partial charge is 0.384 e. The molecule has 1 rings (SSSR count). The first-order valence-corrected chi connectivity index (χ1v) is 7.97. The second kappa shape index (κ2) is 8.16. The Morgan fingerprint density at radius 1 is 1.25 bits per heavy atom. The van der Waals surface area contributed by atoms with E-state index >= 15 is 0 Å². The monoisotopic (exact) mass is 307 g/mol. The number of alkyl halides is 2. The van der Waals surface area contributed by atoms with Crippen LogP contribution in [0.2, 0.25) is 0 Å². The summed E-state index contributed by atoms with van der Waals surface area (Å²) in [6.07, 6.45) is 1.60. The molecule has 0 saturated carbocycles. The topological polar surface area (TPSA) is 55.4 Å². The van der Waals surface area contributed by atoms with Crippen LogP contribution in [0.3, 0.4) is 0 Å². The Hall–Kier alpha value is -1.21. The molecule has 1 aromatic carbocycles. The lowest BCUT2D eigenvalue weighted by molar-refractivity contribution is 0.134. The molecule has 1 aromatic rings. The fraction of sp³-hybridized carbons (Fsp3) is 0.538. The summed E-state index contributed by atoms with van der Waals surface area (Å²) >= 11 is 0. The van der Waals surface area contributed by atoms with Crippen LogP contribution in [-0.4, -0.2) is 33.9 Å². The van der Waals surface area contributed by atoms with E-state index in [0.717, 1.165) is 6.42 Å². The van der Waals surface area contributed by atoms with Crippen molar-refractivity contribution in [1.82, 2.24) is 0 Å². The first-order chi connectivity index (χ1) is 9.50. The molecule has 114 valence electrons. The van der Waals surface area contributed by atoms with Crippen molar-refractivity contribution < 1.29 is 21.9 Å². The lowest BCUT2D eigenvalue weighted by Crippen LogP contribution is -2.15. The highest BCUT2D eigenvalue weighted by Crippen LogP contribution is 2.25. The smallest absolute Gasteiger partial charge is 0.341 e. The molecule has 0 saturated heterocycles. The summed E-state index contributed by atoms with van der Waals surface area (Å²) in [5, 5.41) is 2.86. The van der Waals surface area contributed by atoms with E-state index in [-0.39, 0.29) is 10.6 Å². The van der Waals surface area contributed by atoms with Crippen molar-refractivity contribution >= 4 is 15.5 Å². The summed E-state index contributed by atoms with van der Waals surface area (Å²) in [4.78, 5) is -0.371. The third-order valence-electron chi connectivity index (χ3n) is 2.56. The van der Waals surface area contributed by atoms with Gasteiger partial charge in [0.25, 0.3) is 0 Å². The van der Waals surface area contributed by atoms with Crippen LogP contribution in [0.5, 0.6) is 0 Å². The fourth-order valence-electron chi connectivity index (χ4n) is 1.60. The van der Waals surface area contributed by atoms with E-state index in [2.05, 4.69) is 5.32 Å². The molecule has 1 N–H and O–H groups in total. The summed E-state index contributed by atoms with van der Waals surface area (Å²) in [7, 11) is -4.59. The van der Waals surface area contributed by atoms with Crippen molar-refractivity contribution in [1.29, 1.82) is 0 Å². The Balaban J connectivity index is 2.63. The van der Waals surface area contributed by atoms with Crippen LogP contribution in [0.15, 0.2) is 29.2 Å². The van der Waals surface area contributed by atoms with E-state index in [9.17, 15) is 17.2 Å². The zero-order chi connectivity index (χ0) is 15.0. The third kappa shape index (κ3) is 4.72. The molecule has 0 aliphatic heterocycles. The lowest BCUT2D eigenvalue weighted by atomic mass is 10.3. The molecule has 0 bridgehead atoms. The number of rotatable bonds is 9. The number of hydrogen-bond donors (Lipinski definition) is 1. The minimum atomic E-state index is -4.59. The number of para-hydroxylation sites is 1. The quantitative estimate of drug-likeness (QED) is 0.713.